The van der Waals surface area contributed by atoms with Crippen LogP contribution in [0.5, 0.6) is 0 Å². The molecule has 0 amide bonds. The van der Waals surface area contributed by atoms with Crippen molar-refractivity contribution in [3.05, 3.63) is 66.0 Å². The molecule has 0 radical (unpaired) electrons. The fourth-order valence-electron chi connectivity index (χ4n) is 4.12. The van der Waals surface area contributed by atoms with Gasteiger partial charge in [0, 0.05) is 69.2 Å². The van der Waals surface area contributed by atoms with E-state index in [2.05, 4.69) is 66.7 Å². The van der Waals surface area contributed by atoms with Gasteiger partial charge in [0.2, 0.25) is 0 Å². The molecule has 32 heavy (non-hydrogen) atoms. The minimum atomic E-state index is 0.678. The summed E-state index contributed by atoms with van der Waals surface area (Å²) in [5.41, 5.74) is 6.19. The van der Waals surface area contributed by atoms with E-state index in [1.165, 1.54) is 5.56 Å². The Kier molecular flexibility index (Phi) is 6.04. The number of rotatable bonds is 7. The first-order valence-electron chi connectivity index (χ1n) is 11.2. The number of aromatic nitrogens is 5. The van der Waals surface area contributed by atoms with Crippen LogP contribution >= 0.6 is 0 Å². The molecule has 0 aliphatic carbocycles. The third-order valence-corrected chi connectivity index (χ3v) is 5.70. The van der Waals surface area contributed by atoms with Crippen molar-refractivity contribution in [1.82, 2.24) is 35.1 Å². The van der Waals surface area contributed by atoms with Crippen LogP contribution in [0, 0.1) is 0 Å². The molecule has 3 N–H and O–H groups in total. The van der Waals surface area contributed by atoms with Crippen LogP contribution in [0.1, 0.15) is 24.0 Å². The number of imidazole rings is 1. The monoisotopic (exact) mass is 428 g/mol. The van der Waals surface area contributed by atoms with Gasteiger partial charge in [0.15, 0.2) is 0 Å². The van der Waals surface area contributed by atoms with Crippen LogP contribution in [-0.2, 0) is 13.0 Å². The smallest absolute Gasteiger partial charge is 0.129 e. The van der Waals surface area contributed by atoms with Crippen LogP contribution in [0.25, 0.3) is 22.3 Å². The van der Waals surface area contributed by atoms with Gasteiger partial charge in [-0.3, -0.25) is 9.88 Å². The standard InChI is InChI=1S/C24H28N8/c1-2-26-23-14-21(28-16-29-23)18-3-4-20-22(12-18)31-24(30-20)13-19-11-17(5-6-27-19)15-32-9-7-25-8-10-32/h3-6,11-12,14,16,25H,2,7-10,13,15H2,1H3,(H,30,31)(H,26,28,29). The summed E-state index contributed by atoms with van der Waals surface area (Å²) in [6.45, 7) is 8.14. The van der Waals surface area contributed by atoms with Gasteiger partial charge in [0.25, 0.3) is 0 Å². The quantitative estimate of drug-likeness (QED) is 0.417. The molecule has 0 spiro atoms. The highest BCUT2D eigenvalue weighted by molar-refractivity contribution is 5.81. The molecule has 5 rings (SSSR count). The minimum absolute atomic E-state index is 0.678. The summed E-state index contributed by atoms with van der Waals surface area (Å²) >= 11 is 0. The van der Waals surface area contributed by atoms with Gasteiger partial charge in [-0.05, 0) is 36.8 Å². The zero-order chi connectivity index (χ0) is 21.8. The molecule has 8 nitrogen and oxygen atoms in total. The molecule has 0 bridgehead atoms. The molecule has 1 aliphatic rings. The van der Waals surface area contributed by atoms with Crippen LogP contribution < -0.4 is 10.6 Å². The zero-order valence-electron chi connectivity index (χ0n) is 18.3. The molecule has 0 atom stereocenters. The molecule has 1 aromatic carbocycles. The van der Waals surface area contributed by atoms with Crippen molar-refractivity contribution in [3.8, 4) is 11.3 Å². The first kappa shape index (κ1) is 20.5. The highest BCUT2D eigenvalue weighted by Crippen LogP contribution is 2.23. The molecule has 4 heterocycles. The van der Waals surface area contributed by atoms with Gasteiger partial charge in [-0.25, -0.2) is 15.0 Å². The molecule has 1 aliphatic heterocycles. The second-order valence-corrected chi connectivity index (χ2v) is 8.09. The maximum Gasteiger partial charge on any atom is 0.129 e. The van der Waals surface area contributed by atoms with Gasteiger partial charge in [-0.15, -0.1) is 0 Å². The number of benzene rings is 1. The summed E-state index contributed by atoms with van der Waals surface area (Å²) in [4.78, 5) is 24.0. The molecular weight excluding hydrogens is 400 g/mol. The van der Waals surface area contributed by atoms with E-state index in [0.717, 1.165) is 78.9 Å². The lowest BCUT2D eigenvalue weighted by Crippen LogP contribution is -2.42. The van der Waals surface area contributed by atoms with Crippen molar-refractivity contribution in [2.45, 2.75) is 19.9 Å². The molecule has 4 aromatic rings. The zero-order valence-corrected chi connectivity index (χ0v) is 18.3. The maximum atomic E-state index is 4.78. The lowest BCUT2D eigenvalue weighted by molar-refractivity contribution is 0.233. The summed E-state index contributed by atoms with van der Waals surface area (Å²) in [5, 5.41) is 6.64. The normalized spacial score (nSPS) is 14.7. The number of H-pyrrole nitrogens is 1. The Morgan fingerprint density at radius 2 is 1.94 bits per heavy atom. The molecular formula is C24H28N8. The summed E-state index contributed by atoms with van der Waals surface area (Å²) in [6, 6.07) is 12.5. The van der Waals surface area contributed by atoms with E-state index in [1.807, 2.05) is 18.3 Å². The van der Waals surface area contributed by atoms with Crippen molar-refractivity contribution in [3.63, 3.8) is 0 Å². The van der Waals surface area contributed by atoms with Gasteiger partial charge < -0.3 is 15.6 Å². The Balaban J connectivity index is 1.33. The molecule has 3 aromatic heterocycles. The van der Waals surface area contributed by atoms with Crippen molar-refractivity contribution in [1.29, 1.82) is 0 Å². The van der Waals surface area contributed by atoms with E-state index in [0.29, 0.717) is 6.42 Å². The minimum Gasteiger partial charge on any atom is -0.370 e. The molecule has 1 fully saturated rings. The van der Waals surface area contributed by atoms with E-state index in [9.17, 15) is 0 Å². The third kappa shape index (κ3) is 4.76. The fraction of sp³-hybridized carbons (Fsp3) is 0.333. The molecule has 164 valence electrons. The highest BCUT2D eigenvalue weighted by Gasteiger charge is 2.12. The van der Waals surface area contributed by atoms with Crippen molar-refractivity contribution in [2.75, 3.05) is 38.0 Å². The number of anilines is 1. The number of fused-ring (bicyclic) bond motifs is 1. The number of hydrogen-bond acceptors (Lipinski definition) is 7. The summed E-state index contributed by atoms with van der Waals surface area (Å²) < 4.78 is 0. The molecule has 1 saturated heterocycles. The second-order valence-electron chi connectivity index (χ2n) is 8.09. The van der Waals surface area contributed by atoms with Crippen LogP contribution in [0.4, 0.5) is 5.82 Å². The SMILES string of the molecule is CCNc1cc(-c2ccc3nc(Cc4cc(CN5CCNCC5)ccn4)[nH]c3c2)ncn1. The molecule has 0 saturated carbocycles. The number of nitrogens with one attached hydrogen (secondary N) is 3. The Hall–Kier alpha value is -3.36. The lowest BCUT2D eigenvalue weighted by Gasteiger charge is -2.27. The largest absolute Gasteiger partial charge is 0.370 e. The Bertz CT molecular complexity index is 1200. The van der Waals surface area contributed by atoms with Crippen LogP contribution in [-0.4, -0.2) is 62.5 Å². The van der Waals surface area contributed by atoms with E-state index < -0.39 is 0 Å². The van der Waals surface area contributed by atoms with Gasteiger partial charge in [0.1, 0.15) is 18.0 Å². The van der Waals surface area contributed by atoms with Gasteiger partial charge in [0.05, 0.1) is 16.7 Å². The Labute approximate surface area is 187 Å². The van der Waals surface area contributed by atoms with Crippen LogP contribution in [0.3, 0.4) is 0 Å². The fourth-order valence-corrected chi connectivity index (χ4v) is 4.12. The Morgan fingerprint density at radius 3 is 2.81 bits per heavy atom. The summed E-state index contributed by atoms with van der Waals surface area (Å²) in [5.74, 6) is 1.75. The summed E-state index contributed by atoms with van der Waals surface area (Å²) in [6.07, 6.45) is 4.18. The van der Waals surface area contributed by atoms with Crippen LogP contribution in [0.2, 0.25) is 0 Å². The summed E-state index contributed by atoms with van der Waals surface area (Å²) in [7, 11) is 0. The van der Waals surface area contributed by atoms with Crippen LogP contribution in [0.15, 0.2) is 48.9 Å². The van der Waals surface area contributed by atoms with Gasteiger partial charge in [-0.1, -0.05) is 6.07 Å². The average Bonchev–Trinajstić information content (AvgIpc) is 3.22. The van der Waals surface area contributed by atoms with E-state index >= 15 is 0 Å². The van der Waals surface area contributed by atoms with Crippen molar-refractivity contribution >= 4 is 16.9 Å². The first-order chi connectivity index (χ1) is 15.8. The average molecular weight is 429 g/mol. The lowest BCUT2D eigenvalue weighted by atomic mass is 10.1. The third-order valence-electron chi connectivity index (χ3n) is 5.70. The number of pyridine rings is 1. The highest BCUT2D eigenvalue weighted by atomic mass is 15.2. The van der Waals surface area contributed by atoms with Crippen molar-refractivity contribution in [2.24, 2.45) is 0 Å². The number of piperazine rings is 1. The van der Waals surface area contributed by atoms with E-state index in [-0.39, 0.29) is 0 Å². The second kappa shape index (κ2) is 9.42. The topological polar surface area (TPSA) is 94.7 Å². The Morgan fingerprint density at radius 1 is 1.03 bits per heavy atom. The van der Waals surface area contributed by atoms with E-state index in [4.69, 9.17) is 4.98 Å². The number of nitrogens with zero attached hydrogens (tertiary/aromatic N) is 5. The number of aromatic amines is 1. The number of hydrogen-bond donors (Lipinski definition) is 3. The first-order valence-corrected chi connectivity index (χ1v) is 11.2. The molecule has 8 heteroatoms. The molecule has 0 unspecified atom stereocenters. The van der Waals surface area contributed by atoms with Gasteiger partial charge in [-0.2, -0.15) is 0 Å². The predicted octanol–water partition coefficient (Wildman–Crippen LogP) is 2.84. The van der Waals surface area contributed by atoms with Gasteiger partial charge >= 0.3 is 0 Å². The van der Waals surface area contributed by atoms with Crippen molar-refractivity contribution < 1.29 is 0 Å². The predicted molar refractivity (Wildman–Crippen MR) is 126 cm³/mol. The maximum absolute atomic E-state index is 4.78. The van der Waals surface area contributed by atoms with E-state index in [1.54, 1.807) is 6.33 Å².